The van der Waals surface area contributed by atoms with E-state index < -0.39 is 0 Å². The second kappa shape index (κ2) is 5.89. The Morgan fingerprint density at radius 1 is 1.47 bits per heavy atom. The van der Waals surface area contributed by atoms with Crippen molar-refractivity contribution in [3.8, 4) is 0 Å². The first kappa shape index (κ1) is 12.9. The molecule has 3 heteroatoms. The zero-order valence-electron chi connectivity index (χ0n) is 10.5. The number of rotatable bonds is 5. The molecule has 3 atom stereocenters. The van der Waals surface area contributed by atoms with E-state index in [9.17, 15) is 0 Å². The normalized spacial score (nSPS) is 24.6. The second-order valence-electron chi connectivity index (χ2n) is 4.67. The molecule has 17 heavy (non-hydrogen) atoms. The first-order valence-corrected chi connectivity index (χ1v) is 7.22. The summed E-state index contributed by atoms with van der Waals surface area (Å²) in [7, 11) is 2.04. The van der Waals surface area contributed by atoms with Crippen molar-refractivity contribution in [1.29, 1.82) is 0 Å². The van der Waals surface area contributed by atoms with Crippen LogP contribution in [0.4, 0.5) is 0 Å². The predicted molar refractivity (Wildman–Crippen MR) is 74.5 cm³/mol. The smallest absolute Gasteiger partial charge is 0.0444 e. The van der Waals surface area contributed by atoms with Gasteiger partial charge >= 0.3 is 0 Å². The number of aliphatic hydroxyl groups is 1. The van der Waals surface area contributed by atoms with Gasteiger partial charge in [-0.15, -0.1) is 0 Å². The van der Waals surface area contributed by atoms with Crippen LogP contribution in [0.15, 0.2) is 24.3 Å². The van der Waals surface area contributed by atoms with Gasteiger partial charge in [0.2, 0.25) is 0 Å². The Balaban J connectivity index is 2.07. The van der Waals surface area contributed by atoms with E-state index >= 15 is 0 Å². The number of aliphatic hydroxyl groups excluding tert-OH is 1. The molecule has 0 spiro atoms. The SMILES string of the molecule is CNC1c2ccccc2CC1SC(C)CCO. The van der Waals surface area contributed by atoms with Gasteiger partial charge in [0.05, 0.1) is 0 Å². The molecule has 0 fully saturated rings. The average molecular weight is 251 g/mol. The maximum absolute atomic E-state index is 8.98. The van der Waals surface area contributed by atoms with E-state index in [0.29, 0.717) is 16.5 Å². The van der Waals surface area contributed by atoms with E-state index in [4.69, 9.17) is 5.11 Å². The molecule has 1 aliphatic carbocycles. The number of thioether (sulfide) groups is 1. The Bertz CT molecular complexity index is 369. The number of nitrogens with one attached hydrogen (secondary N) is 1. The molecule has 0 radical (unpaired) electrons. The molecule has 0 heterocycles. The van der Waals surface area contributed by atoms with E-state index in [2.05, 4.69) is 36.5 Å². The van der Waals surface area contributed by atoms with Crippen molar-refractivity contribution in [2.24, 2.45) is 0 Å². The molecule has 1 aromatic rings. The van der Waals surface area contributed by atoms with E-state index in [1.54, 1.807) is 0 Å². The maximum atomic E-state index is 8.98. The molecule has 0 saturated carbocycles. The third-order valence-corrected chi connectivity index (χ3v) is 4.93. The molecule has 0 aliphatic heterocycles. The van der Waals surface area contributed by atoms with Gasteiger partial charge in [-0.25, -0.2) is 0 Å². The lowest BCUT2D eigenvalue weighted by Gasteiger charge is -2.22. The lowest BCUT2D eigenvalue weighted by Crippen LogP contribution is -2.25. The summed E-state index contributed by atoms with van der Waals surface area (Å²) in [6, 6.07) is 9.16. The van der Waals surface area contributed by atoms with Crippen LogP contribution in [0, 0.1) is 0 Å². The Morgan fingerprint density at radius 2 is 2.24 bits per heavy atom. The highest BCUT2D eigenvalue weighted by Gasteiger charge is 2.32. The molecule has 94 valence electrons. The Morgan fingerprint density at radius 3 is 2.94 bits per heavy atom. The molecule has 3 unspecified atom stereocenters. The standard InChI is InChI=1S/C14H21NOS/c1-10(7-8-16)17-13-9-11-5-3-4-6-12(11)14(13)15-2/h3-6,10,13-16H,7-9H2,1-2H3. The van der Waals surface area contributed by atoms with Crippen molar-refractivity contribution in [2.75, 3.05) is 13.7 Å². The van der Waals surface area contributed by atoms with Crippen LogP contribution in [0.25, 0.3) is 0 Å². The minimum absolute atomic E-state index is 0.290. The van der Waals surface area contributed by atoms with E-state index in [1.165, 1.54) is 11.1 Å². The van der Waals surface area contributed by atoms with Gasteiger partial charge in [0, 0.05) is 23.1 Å². The highest BCUT2D eigenvalue weighted by molar-refractivity contribution is 8.00. The maximum Gasteiger partial charge on any atom is 0.0444 e. The highest BCUT2D eigenvalue weighted by atomic mass is 32.2. The van der Waals surface area contributed by atoms with E-state index in [1.807, 2.05) is 18.8 Å². The fraction of sp³-hybridized carbons (Fsp3) is 0.571. The zero-order chi connectivity index (χ0) is 12.3. The van der Waals surface area contributed by atoms with Crippen LogP contribution in [-0.2, 0) is 6.42 Å². The van der Waals surface area contributed by atoms with Gasteiger partial charge in [-0.05, 0) is 31.0 Å². The van der Waals surface area contributed by atoms with Crippen LogP contribution in [0.1, 0.15) is 30.5 Å². The molecule has 2 rings (SSSR count). The van der Waals surface area contributed by atoms with Gasteiger partial charge in [-0.3, -0.25) is 0 Å². The van der Waals surface area contributed by atoms with Gasteiger partial charge in [0.25, 0.3) is 0 Å². The van der Waals surface area contributed by atoms with Crippen molar-refractivity contribution < 1.29 is 5.11 Å². The summed E-state index contributed by atoms with van der Waals surface area (Å²) in [5, 5.41) is 13.5. The molecule has 0 amide bonds. The number of benzene rings is 1. The largest absolute Gasteiger partial charge is 0.396 e. The minimum atomic E-state index is 0.290. The van der Waals surface area contributed by atoms with Gasteiger partial charge in [-0.2, -0.15) is 11.8 Å². The Labute approximate surface area is 108 Å². The fourth-order valence-corrected chi connectivity index (χ4v) is 4.13. The fourth-order valence-electron chi connectivity index (χ4n) is 2.57. The van der Waals surface area contributed by atoms with E-state index in [0.717, 1.165) is 12.8 Å². The van der Waals surface area contributed by atoms with Crippen LogP contribution >= 0.6 is 11.8 Å². The van der Waals surface area contributed by atoms with Crippen LogP contribution in [0.2, 0.25) is 0 Å². The molecule has 1 aromatic carbocycles. The summed E-state index contributed by atoms with van der Waals surface area (Å²) >= 11 is 2.00. The summed E-state index contributed by atoms with van der Waals surface area (Å²) in [4.78, 5) is 0. The molecular formula is C14H21NOS. The Kier molecular flexibility index (Phi) is 4.48. The monoisotopic (exact) mass is 251 g/mol. The summed E-state index contributed by atoms with van der Waals surface area (Å²) in [5.74, 6) is 0. The lowest BCUT2D eigenvalue weighted by atomic mass is 10.1. The molecule has 0 aromatic heterocycles. The van der Waals surface area contributed by atoms with Gasteiger partial charge in [0.1, 0.15) is 0 Å². The third kappa shape index (κ3) is 2.84. The number of fused-ring (bicyclic) bond motifs is 1. The molecular weight excluding hydrogens is 230 g/mol. The first-order valence-electron chi connectivity index (χ1n) is 6.27. The average Bonchev–Trinajstić information content (AvgIpc) is 2.66. The van der Waals surface area contributed by atoms with Crippen LogP contribution in [0.3, 0.4) is 0 Å². The molecule has 2 nitrogen and oxygen atoms in total. The predicted octanol–water partition coefficient (Wildman–Crippen LogP) is 2.38. The first-order chi connectivity index (χ1) is 8.26. The zero-order valence-corrected chi connectivity index (χ0v) is 11.3. The third-order valence-electron chi connectivity index (χ3n) is 3.44. The van der Waals surface area contributed by atoms with Crippen molar-refractivity contribution in [1.82, 2.24) is 5.32 Å². The molecule has 1 aliphatic rings. The lowest BCUT2D eigenvalue weighted by molar-refractivity contribution is 0.288. The van der Waals surface area contributed by atoms with Crippen molar-refractivity contribution in [2.45, 2.75) is 36.3 Å². The van der Waals surface area contributed by atoms with Gasteiger partial charge in [-0.1, -0.05) is 31.2 Å². The summed E-state index contributed by atoms with van der Waals surface area (Å²) in [6.07, 6.45) is 2.02. The quantitative estimate of drug-likeness (QED) is 0.843. The minimum Gasteiger partial charge on any atom is -0.396 e. The van der Waals surface area contributed by atoms with E-state index in [-0.39, 0.29) is 6.61 Å². The highest BCUT2D eigenvalue weighted by Crippen LogP contribution is 2.40. The number of hydrogen-bond donors (Lipinski definition) is 2. The molecule has 2 N–H and O–H groups in total. The van der Waals surface area contributed by atoms with Crippen LogP contribution in [-0.4, -0.2) is 29.3 Å². The summed E-state index contributed by atoms with van der Waals surface area (Å²) in [6.45, 7) is 2.49. The summed E-state index contributed by atoms with van der Waals surface area (Å²) in [5.41, 5.74) is 2.92. The topological polar surface area (TPSA) is 32.3 Å². The molecule has 0 bridgehead atoms. The number of hydrogen-bond acceptors (Lipinski definition) is 3. The van der Waals surface area contributed by atoms with Gasteiger partial charge < -0.3 is 10.4 Å². The molecule has 0 saturated heterocycles. The summed E-state index contributed by atoms with van der Waals surface area (Å²) < 4.78 is 0. The van der Waals surface area contributed by atoms with Crippen LogP contribution in [0.5, 0.6) is 0 Å². The van der Waals surface area contributed by atoms with Crippen molar-refractivity contribution in [3.63, 3.8) is 0 Å². The van der Waals surface area contributed by atoms with Crippen LogP contribution < -0.4 is 5.32 Å². The van der Waals surface area contributed by atoms with Crippen molar-refractivity contribution >= 4 is 11.8 Å². The second-order valence-corrected chi connectivity index (χ2v) is 6.35. The van der Waals surface area contributed by atoms with Crippen molar-refractivity contribution in [3.05, 3.63) is 35.4 Å². The Hall–Kier alpha value is -0.510. The van der Waals surface area contributed by atoms with Gasteiger partial charge in [0.15, 0.2) is 0 Å².